The fourth-order valence-electron chi connectivity index (χ4n) is 8.62. The number of hydrogen-bond donors (Lipinski definition) is 4. The van der Waals surface area contributed by atoms with E-state index in [0.29, 0.717) is 72.8 Å². The largest absolute Gasteiger partial charge is 0.453 e. The van der Waals surface area contributed by atoms with E-state index in [-0.39, 0.29) is 72.3 Å². The number of nitrogens with one attached hydrogen (secondary N) is 4. The fourth-order valence-corrected chi connectivity index (χ4v) is 8.62. The summed E-state index contributed by atoms with van der Waals surface area (Å²) in [6.07, 6.45) is 5.88. The first-order valence-corrected chi connectivity index (χ1v) is 18.5. The molecular formula is C40H44Cl3F2N7O4. The Morgan fingerprint density at radius 3 is 2.30 bits per heavy atom. The topological polar surface area (TPSA) is 137 Å². The average Bonchev–Trinajstić information content (AvgIpc) is 4.04. The van der Waals surface area contributed by atoms with E-state index in [1.54, 1.807) is 35.4 Å². The Kier molecular flexibility index (Phi) is 12.3. The highest BCUT2D eigenvalue weighted by atomic mass is 35.5. The van der Waals surface area contributed by atoms with Gasteiger partial charge in [-0.1, -0.05) is 30.3 Å². The van der Waals surface area contributed by atoms with Gasteiger partial charge in [0.1, 0.15) is 17.7 Å². The molecule has 2 amide bonds. The first-order valence-electron chi connectivity index (χ1n) is 18.5. The number of alkyl carbamates (subject to hydrolysis) is 1. The van der Waals surface area contributed by atoms with Crippen LogP contribution in [0.5, 0.6) is 0 Å². The summed E-state index contributed by atoms with van der Waals surface area (Å²) in [5.41, 5.74) is 5.40. The first-order chi connectivity index (χ1) is 25.8. The summed E-state index contributed by atoms with van der Waals surface area (Å²) >= 11 is 0. The number of carbonyl (C=O) groups is 2. The van der Waals surface area contributed by atoms with E-state index in [9.17, 15) is 9.59 Å². The number of aromatic amines is 2. The number of rotatable bonds is 7. The lowest BCUT2D eigenvalue weighted by Crippen LogP contribution is -2.53. The summed E-state index contributed by atoms with van der Waals surface area (Å²) in [6, 6.07) is 15.4. The molecule has 3 atom stereocenters. The molecule has 1 aliphatic carbocycles. The highest BCUT2D eigenvalue weighted by Gasteiger charge is 2.45. The standard InChI is InChI=1S/C40H41F2N7O4.3ClH/c1-52-39(51)48-35(22-12-16-53-17-13-22)38(50)49-15-3-5-34(49)37-44-21-33(47-37)25-7-10-27-26-9-6-23(18-28(26)40(41,42)29(27)19-25)24-8-11-30-32(20-24)46-36(45-30)31-4-2-14-43-31;;;/h6-11,18-22,31,34-35,43H,2-5,12-17H2,1H3,(H,44,47)(H,45,46)(H,48,51);3*1H/t31-,34-,35-;;;/m0.../s1. The molecule has 0 radical (unpaired) electrons. The third-order valence-corrected chi connectivity index (χ3v) is 11.4. The first kappa shape index (κ1) is 41.4. The normalized spacial score (nSPS) is 20.3. The van der Waals surface area contributed by atoms with Crippen molar-refractivity contribution >= 4 is 60.3 Å². The molecule has 0 saturated carbocycles. The van der Waals surface area contributed by atoms with Gasteiger partial charge in [-0.3, -0.25) is 4.79 Å². The van der Waals surface area contributed by atoms with E-state index in [0.717, 1.165) is 48.2 Å². The summed E-state index contributed by atoms with van der Waals surface area (Å²) in [6.45, 7) is 2.54. The van der Waals surface area contributed by atoms with Crippen LogP contribution in [0, 0.1) is 5.92 Å². The molecule has 0 bridgehead atoms. The van der Waals surface area contributed by atoms with Gasteiger partial charge in [0.25, 0.3) is 5.92 Å². The second-order valence-electron chi connectivity index (χ2n) is 14.5. The molecule has 4 N–H and O–H groups in total. The van der Waals surface area contributed by atoms with Gasteiger partial charge < -0.3 is 35.0 Å². The lowest BCUT2D eigenvalue weighted by Gasteiger charge is -2.34. The van der Waals surface area contributed by atoms with E-state index in [2.05, 4.69) is 25.6 Å². The molecular weight excluding hydrogens is 787 g/mol. The molecule has 5 aromatic rings. The van der Waals surface area contributed by atoms with E-state index >= 15 is 8.78 Å². The molecule has 298 valence electrons. The zero-order valence-electron chi connectivity index (χ0n) is 30.6. The minimum absolute atomic E-state index is 0. The van der Waals surface area contributed by atoms with Crippen molar-refractivity contribution in [2.24, 2.45) is 5.92 Å². The molecule has 3 aliphatic heterocycles. The number of ether oxygens (including phenoxy) is 2. The van der Waals surface area contributed by atoms with Crippen molar-refractivity contribution in [3.05, 3.63) is 83.6 Å². The number of carbonyl (C=O) groups excluding carboxylic acids is 2. The maximum Gasteiger partial charge on any atom is 0.407 e. The lowest BCUT2D eigenvalue weighted by atomic mass is 9.90. The fraction of sp³-hybridized carbons (Fsp3) is 0.400. The van der Waals surface area contributed by atoms with Crippen LogP contribution in [0.2, 0.25) is 0 Å². The van der Waals surface area contributed by atoms with Crippen molar-refractivity contribution in [3.8, 4) is 33.5 Å². The third-order valence-electron chi connectivity index (χ3n) is 11.4. The van der Waals surface area contributed by atoms with Gasteiger partial charge in [0, 0.05) is 36.4 Å². The van der Waals surface area contributed by atoms with Crippen molar-refractivity contribution in [1.29, 1.82) is 0 Å². The number of amides is 2. The Hall–Kier alpha value is -4.27. The molecule has 3 saturated heterocycles. The van der Waals surface area contributed by atoms with Gasteiger partial charge in [0.2, 0.25) is 5.91 Å². The molecule has 3 fully saturated rings. The highest BCUT2D eigenvalue weighted by molar-refractivity contribution is 5.88. The molecule has 2 aromatic heterocycles. The molecule has 16 heteroatoms. The summed E-state index contributed by atoms with van der Waals surface area (Å²) in [5, 5.41) is 6.24. The van der Waals surface area contributed by atoms with Crippen LogP contribution in [-0.2, 0) is 20.2 Å². The summed E-state index contributed by atoms with van der Waals surface area (Å²) in [4.78, 5) is 44.1. The number of aromatic nitrogens is 4. The summed E-state index contributed by atoms with van der Waals surface area (Å²) in [5.74, 6) is -1.99. The Labute approximate surface area is 341 Å². The van der Waals surface area contributed by atoms with Gasteiger partial charge in [0.05, 0.1) is 42.1 Å². The maximum atomic E-state index is 16.3. The van der Waals surface area contributed by atoms with Crippen LogP contribution in [-0.4, -0.2) is 76.3 Å². The molecule has 11 nitrogen and oxygen atoms in total. The number of likely N-dealkylation sites (tertiary alicyclic amines) is 1. The minimum atomic E-state index is -3.21. The molecule has 3 aromatic carbocycles. The van der Waals surface area contributed by atoms with E-state index in [1.807, 2.05) is 30.3 Å². The van der Waals surface area contributed by atoms with Gasteiger partial charge in [-0.25, -0.2) is 14.8 Å². The van der Waals surface area contributed by atoms with Crippen molar-refractivity contribution < 1.29 is 27.8 Å². The van der Waals surface area contributed by atoms with E-state index in [4.69, 9.17) is 14.5 Å². The second kappa shape index (κ2) is 16.7. The molecule has 5 heterocycles. The van der Waals surface area contributed by atoms with Crippen LogP contribution in [0.25, 0.3) is 44.5 Å². The van der Waals surface area contributed by atoms with Crippen molar-refractivity contribution in [2.75, 3.05) is 33.4 Å². The van der Waals surface area contributed by atoms with Crippen molar-refractivity contribution in [1.82, 2.24) is 35.5 Å². The predicted octanol–water partition coefficient (Wildman–Crippen LogP) is 8.25. The van der Waals surface area contributed by atoms with Gasteiger partial charge in [-0.15, -0.1) is 37.2 Å². The quantitative estimate of drug-likeness (QED) is 0.130. The Bertz CT molecular complexity index is 2220. The minimum Gasteiger partial charge on any atom is -0.453 e. The molecule has 0 spiro atoms. The highest BCUT2D eigenvalue weighted by Crippen LogP contribution is 2.53. The van der Waals surface area contributed by atoms with Crippen LogP contribution in [0.3, 0.4) is 0 Å². The number of imidazole rings is 2. The van der Waals surface area contributed by atoms with Gasteiger partial charge >= 0.3 is 6.09 Å². The lowest BCUT2D eigenvalue weighted by molar-refractivity contribution is -0.136. The zero-order valence-corrected chi connectivity index (χ0v) is 33.1. The van der Waals surface area contributed by atoms with Crippen molar-refractivity contribution in [3.63, 3.8) is 0 Å². The third kappa shape index (κ3) is 7.35. The van der Waals surface area contributed by atoms with Gasteiger partial charge in [-0.05, 0) is 97.5 Å². The van der Waals surface area contributed by atoms with Gasteiger partial charge in [-0.2, -0.15) is 8.78 Å². The average molecular weight is 831 g/mol. The van der Waals surface area contributed by atoms with E-state index < -0.39 is 18.1 Å². The second-order valence-corrected chi connectivity index (χ2v) is 14.5. The predicted molar refractivity (Wildman–Crippen MR) is 216 cm³/mol. The Morgan fingerprint density at radius 2 is 1.59 bits per heavy atom. The van der Waals surface area contributed by atoms with Crippen molar-refractivity contribution in [2.45, 2.75) is 62.6 Å². The van der Waals surface area contributed by atoms with Crippen LogP contribution in [0.4, 0.5) is 13.6 Å². The molecule has 4 aliphatic rings. The van der Waals surface area contributed by atoms with E-state index in [1.165, 1.54) is 7.11 Å². The molecule has 0 unspecified atom stereocenters. The SMILES string of the molecule is COC(=O)N[C@H](C(=O)N1CCC[C@H]1c1ncc(-c2ccc3c(c2)C(F)(F)c2cc(-c4ccc5nc([C@@H]6CCCN6)[nH]c5c4)ccc2-3)[nH]1)C1CCOCC1.Cl.Cl.Cl. The number of nitrogens with zero attached hydrogens (tertiary/aromatic N) is 3. The molecule has 9 rings (SSSR count). The number of hydrogen-bond acceptors (Lipinski definition) is 7. The summed E-state index contributed by atoms with van der Waals surface area (Å²) < 4.78 is 43.0. The van der Waals surface area contributed by atoms with Gasteiger partial charge in [0.15, 0.2) is 0 Å². The van der Waals surface area contributed by atoms with Crippen LogP contribution < -0.4 is 10.6 Å². The van der Waals surface area contributed by atoms with Crippen LogP contribution in [0.15, 0.2) is 60.8 Å². The Balaban J connectivity index is 0.00000177. The van der Waals surface area contributed by atoms with Crippen LogP contribution >= 0.6 is 37.2 Å². The number of halogens is 5. The number of H-pyrrole nitrogens is 2. The number of alkyl halides is 2. The molecule has 56 heavy (non-hydrogen) atoms. The summed E-state index contributed by atoms with van der Waals surface area (Å²) in [7, 11) is 1.28. The van der Waals surface area contributed by atoms with Crippen LogP contribution in [0.1, 0.15) is 73.4 Å². The monoisotopic (exact) mass is 829 g/mol. The number of fused-ring (bicyclic) bond motifs is 4. The number of methoxy groups -OCH3 is 1. The maximum absolute atomic E-state index is 16.3. The number of benzene rings is 3. The smallest absolute Gasteiger partial charge is 0.407 e. The zero-order chi connectivity index (χ0) is 36.3. The Morgan fingerprint density at radius 1 is 0.893 bits per heavy atom.